The van der Waals surface area contributed by atoms with Crippen LogP contribution in [0.2, 0.25) is 0 Å². The minimum absolute atomic E-state index is 0.749. The molecule has 0 spiro atoms. The van der Waals surface area contributed by atoms with E-state index in [-0.39, 0.29) is 0 Å². The molecule has 1 aromatic carbocycles. The highest BCUT2D eigenvalue weighted by molar-refractivity contribution is 9.10. The van der Waals surface area contributed by atoms with Gasteiger partial charge in [-0.05, 0) is 49.4 Å². The van der Waals surface area contributed by atoms with Gasteiger partial charge in [0, 0.05) is 43.5 Å². The zero-order chi connectivity index (χ0) is 15.1. The lowest BCUT2D eigenvalue weighted by atomic mass is 9.99. The first kappa shape index (κ1) is 16.8. The highest BCUT2D eigenvalue weighted by atomic mass is 79.9. The van der Waals surface area contributed by atoms with Gasteiger partial charge in [-0.1, -0.05) is 28.9 Å². The van der Waals surface area contributed by atoms with E-state index in [1.807, 2.05) is 0 Å². The second kappa shape index (κ2) is 8.76. The number of halogens is 1. The zero-order valence-electron chi connectivity index (χ0n) is 13.2. The highest BCUT2D eigenvalue weighted by Gasteiger charge is 2.17. The predicted octanol–water partition coefficient (Wildman–Crippen LogP) is 3.81. The standard InChI is InChI=1S/C17H27BrN2O/c1-3-8-19-12-15-4-5-16(18)11-17(15)20(2)13-14-6-9-21-10-7-14/h4-5,11,14,19H,3,6-10,12-13H2,1-2H3. The lowest BCUT2D eigenvalue weighted by Gasteiger charge is -2.30. The molecule has 0 bridgehead atoms. The maximum atomic E-state index is 5.46. The van der Waals surface area contributed by atoms with Gasteiger partial charge in [0.1, 0.15) is 0 Å². The number of nitrogens with one attached hydrogen (secondary N) is 1. The maximum absolute atomic E-state index is 5.46. The van der Waals surface area contributed by atoms with Crippen LogP contribution in [-0.4, -0.2) is 33.4 Å². The predicted molar refractivity (Wildman–Crippen MR) is 93.0 cm³/mol. The Kier molecular flexibility index (Phi) is 7.00. The number of anilines is 1. The first-order chi connectivity index (χ1) is 10.2. The molecule has 2 rings (SSSR count). The van der Waals surface area contributed by atoms with E-state index in [2.05, 4.69) is 58.3 Å². The molecule has 3 nitrogen and oxygen atoms in total. The van der Waals surface area contributed by atoms with Crippen LogP contribution in [0.1, 0.15) is 31.7 Å². The average molecular weight is 355 g/mol. The third-order valence-corrected chi connectivity index (χ3v) is 4.57. The summed E-state index contributed by atoms with van der Waals surface area (Å²) < 4.78 is 6.61. The summed E-state index contributed by atoms with van der Waals surface area (Å²) in [7, 11) is 2.21. The van der Waals surface area contributed by atoms with E-state index in [1.165, 1.54) is 30.5 Å². The fourth-order valence-corrected chi connectivity index (χ4v) is 3.21. The summed E-state index contributed by atoms with van der Waals surface area (Å²) in [6.45, 7) is 7.16. The molecule has 1 saturated heterocycles. The zero-order valence-corrected chi connectivity index (χ0v) is 14.8. The van der Waals surface area contributed by atoms with Crippen LogP contribution >= 0.6 is 15.9 Å². The van der Waals surface area contributed by atoms with Crippen molar-refractivity contribution < 1.29 is 4.74 Å². The van der Waals surface area contributed by atoms with Crippen molar-refractivity contribution in [3.63, 3.8) is 0 Å². The molecule has 1 N–H and O–H groups in total. The number of nitrogens with zero attached hydrogens (tertiary/aromatic N) is 1. The lowest BCUT2D eigenvalue weighted by molar-refractivity contribution is 0.0685. The molecule has 0 aromatic heterocycles. The minimum atomic E-state index is 0.749. The van der Waals surface area contributed by atoms with Gasteiger partial charge in [0.15, 0.2) is 0 Å². The van der Waals surface area contributed by atoms with Crippen molar-refractivity contribution in [1.29, 1.82) is 0 Å². The van der Waals surface area contributed by atoms with Crippen molar-refractivity contribution in [3.8, 4) is 0 Å². The Morgan fingerprint density at radius 2 is 2.10 bits per heavy atom. The molecule has 0 radical (unpaired) electrons. The van der Waals surface area contributed by atoms with E-state index in [4.69, 9.17) is 4.74 Å². The van der Waals surface area contributed by atoms with Gasteiger partial charge < -0.3 is 15.0 Å². The van der Waals surface area contributed by atoms with E-state index < -0.39 is 0 Å². The summed E-state index contributed by atoms with van der Waals surface area (Å²) in [6, 6.07) is 6.60. The van der Waals surface area contributed by atoms with Gasteiger partial charge in [0.2, 0.25) is 0 Å². The van der Waals surface area contributed by atoms with Crippen LogP contribution in [0.4, 0.5) is 5.69 Å². The SMILES string of the molecule is CCCNCc1ccc(Br)cc1N(C)CC1CCOCC1. The maximum Gasteiger partial charge on any atom is 0.0469 e. The normalized spacial score (nSPS) is 16.1. The van der Waals surface area contributed by atoms with Crippen molar-refractivity contribution in [1.82, 2.24) is 5.32 Å². The first-order valence-electron chi connectivity index (χ1n) is 7.98. The summed E-state index contributed by atoms with van der Waals surface area (Å²) in [5, 5.41) is 3.51. The van der Waals surface area contributed by atoms with E-state index in [0.29, 0.717) is 0 Å². The van der Waals surface area contributed by atoms with Crippen LogP contribution in [-0.2, 0) is 11.3 Å². The summed E-state index contributed by atoms with van der Waals surface area (Å²) in [5.41, 5.74) is 2.71. The largest absolute Gasteiger partial charge is 0.381 e. The molecule has 0 amide bonds. The Labute approximate surface area is 137 Å². The second-order valence-corrected chi connectivity index (χ2v) is 6.80. The monoisotopic (exact) mass is 354 g/mol. The summed E-state index contributed by atoms with van der Waals surface area (Å²) in [6.07, 6.45) is 3.54. The molecule has 1 fully saturated rings. The van der Waals surface area contributed by atoms with Crippen molar-refractivity contribution in [2.45, 2.75) is 32.7 Å². The molecular weight excluding hydrogens is 328 g/mol. The van der Waals surface area contributed by atoms with Crippen LogP contribution in [0.25, 0.3) is 0 Å². The van der Waals surface area contributed by atoms with Gasteiger partial charge >= 0.3 is 0 Å². The molecule has 1 heterocycles. The van der Waals surface area contributed by atoms with Gasteiger partial charge in [-0.2, -0.15) is 0 Å². The van der Waals surface area contributed by atoms with Gasteiger partial charge in [0.05, 0.1) is 0 Å². The van der Waals surface area contributed by atoms with E-state index in [1.54, 1.807) is 0 Å². The van der Waals surface area contributed by atoms with Crippen molar-refractivity contribution in [3.05, 3.63) is 28.2 Å². The quantitative estimate of drug-likeness (QED) is 0.753. The smallest absolute Gasteiger partial charge is 0.0469 e. The molecule has 0 unspecified atom stereocenters. The lowest BCUT2D eigenvalue weighted by Crippen LogP contribution is -2.30. The number of rotatable bonds is 7. The van der Waals surface area contributed by atoms with Gasteiger partial charge in [-0.3, -0.25) is 0 Å². The topological polar surface area (TPSA) is 24.5 Å². The minimum Gasteiger partial charge on any atom is -0.381 e. The molecule has 4 heteroatoms. The highest BCUT2D eigenvalue weighted by Crippen LogP contribution is 2.26. The van der Waals surface area contributed by atoms with E-state index >= 15 is 0 Å². The molecule has 0 aliphatic carbocycles. The summed E-state index contributed by atoms with van der Waals surface area (Å²) in [5.74, 6) is 0.749. The molecule has 0 saturated carbocycles. The van der Waals surface area contributed by atoms with Gasteiger partial charge in [0.25, 0.3) is 0 Å². The van der Waals surface area contributed by atoms with Crippen LogP contribution in [0.5, 0.6) is 0 Å². The number of ether oxygens (including phenoxy) is 1. The summed E-state index contributed by atoms with van der Waals surface area (Å²) in [4.78, 5) is 2.41. The van der Waals surface area contributed by atoms with Gasteiger partial charge in [-0.25, -0.2) is 0 Å². The van der Waals surface area contributed by atoms with Crippen molar-refractivity contribution in [2.75, 3.05) is 38.3 Å². The van der Waals surface area contributed by atoms with Crippen molar-refractivity contribution >= 4 is 21.6 Å². The Morgan fingerprint density at radius 1 is 1.33 bits per heavy atom. The number of hydrogen-bond donors (Lipinski definition) is 1. The van der Waals surface area contributed by atoms with Crippen LogP contribution in [0.15, 0.2) is 22.7 Å². The molecule has 21 heavy (non-hydrogen) atoms. The third kappa shape index (κ3) is 5.28. The second-order valence-electron chi connectivity index (χ2n) is 5.89. The Morgan fingerprint density at radius 3 is 2.81 bits per heavy atom. The Balaban J connectivity index is 2.02. The molecule has 118 valence electrons. The molecule has 1 aromatic rings. The fraction of sp³-hybridized carbons (Fsp3) is 0.647. The molecule has 1 aliphatic rings. The van der Waals surface area contributed by atoms with E-state index in [9.17, 15) is 0 Å². The molecule has 0 atom stereocenters. The van der Waals surface area contributed by atoms with Crippen LogP contribution in [0, 0.1) is 5.92 Å². The average Bonchev–Trinajstić information content (AvgIpc) is 2.50. The van der Waals surface area contributed by atoms with Crippen LogP contribution < -0.4 is 10.2 Å². The molecular formula is C17H27BrN2O. The number of benzene rings is 1. The Bertz CT molecular complexity index is 433. The Hall–Kier alpha value is -0.580. The number of hydrogen-bond acceptors (Lipinski definition) is 3. The fourth-order valence-electron chi connectivity index (χ4n) is 2.86. The van der Waals surface area contributed by atoms with Crippen molar-refractivity contribution in [2.24, 2.45) is 5.92 Å². The molecule has 1 aliphatic heterocycles. The third-order valence-electron chi connectivity index (χ3n) is 4.07. The summed E-state index contributed by atoms with van der Waals surface area (Å²) >= 11 is 3.60. The van der Waals surface area contributed by atoms with Gasteiger partial charge in [-0.15, -0.1) is 0 Å². The first-order valence-corrected chi connectivity index (χ1v) is 8.78. The van der Waals surface area contributed by atoms with Crippen LogP contribution in [0.3, 0.4) is 0 Å². The van der Waals surface area contributed by atoms with E-state index in [0.717, 1.165) is 43.2 Å².